The molecule has 7 heteroatoms. The van der Waals surface area contributed by atoms with Gasteiger partial charge in [0.15, 0.2) is 6.61 Å². The number of ether oxygens (including phenoxy) is 1. The van der Waals surface area contributed by atoms with E-state index in [0.717, 1.165) is 18.8 Å². The first-order valence-corrected chi connectivity index (χ1v) is 7.86. The summed E-state index contributed by atoms with van der Waals surface area (Å²) in [4.78, 5) is 14.2. The molecule has 0 N–H and O–H groups in total. The van der Waals surface area contributed by atoms with Crippen molar-refractivity contribution in [1.82, 2.24) is 25.1 Å². The molecule has 0 bridgehead atoms. The number of hydrogen-bond donors (Lipinski definition) is 0. The van der Waals surface area contributed by atoms with Crippen LogP contribution in [0.1, 0.15) is 20.3 Å². The van der Waals surface area contributed by atoms with E-state index in [0.29, 0.717) is 17.6 Å². The number of carbonyl (C=O) groups is 1. The molecule has 7 nitrogen and oxygen atoms in total. The van der Waals surface area contributed by atoms with E-state index in [9.17, 15) is 4.79 Å². The number of tetrazole rings is 1. The molecule has 1 aromatic heterocycles. The van der Waals surface area contributed by atoms with Gasteiger partial charge in [0.1, 0.15) is 12.1 Å². The average molecular weight is 315 g/mol. The first kappa shape index (κ1) is 15.5. The first-order chi connectivity index (χ1) is 11.1. The summed E-state index contributed by atoms with van der Waals surface area (Å²) in [7, 11) is 0. The smallest absolute Gasteiger partial charge is 0.260 e. The van der Waals surface area contributed by atoms with E-state index in [1.807, 2.05) is 29.2 Å². The van der Waals surface area contributed by atoms with Crippen LogP contribution in [0.25, 0.3) is 5.69 Å². The summed E-state index contributed by atoms with van der Waals surface area (Å²) < 4.78 is 7.17. The Labute approximate surface area is 135 Å². The van der Waals surface area contributed by atoms with E-state index in [4.69, 9.17) is 4.74 Å². The van der Waals surface area contributed by atoms with E-state index in [-0.39, 0.29) is 12.5 Å². The normalized spacial score (nSPS) is 21.2. The highest BCUT2D eigenvalue weighted by atomic mass is 16.5. The molecule has 1 saturated heterocycles. The summed E-state index contributed by atoms with van der Waals surface area (Å²) in [6, 6.07) is 7.32. The molecule has 3 rings (SSSR count). The van der Waals surface area contributed by atoms with Crippen LogP contribution in [0.15, 0.2) is 30.6 Å². The van der Waals surface area contributed by atoms with E-state index >= 15 is 0 Å². The van der Waals surface area contributed by atoms with Gasteiger partial charge in [-0.15, -0.1) is 5.10 Å². The van der Waals surface area contributed by atoms with Gasteiger partial charge in [0, 0.05) is 13.1 Å². The van der Waals surface area contributed by atoms with Gasteiger partial charge < -0.3 is 9.64 Å². The third-order valence-electron chi connectivity index (χ3n) is 4.03. The maximum Gasteiger partial charge on any atom is 0.260 e. The molecule has 1 aliphatic heterocycles. The summed E-state index contributed by atoms with van der Waals surface area (Å²) in [5.41, 5.74) is 0.840. The molecule has 0 spiro atoms. The lowest BCUT2D eigenvalue weighted by molar-refractivity contribution is -0.136. The van der Waals surface area contributed by atoms with Crippen molar-refractivity contribution < 1.29 is 9.53 Å². The standard InChI is InChI=1S/C16H21N5O2/c1-12-7-13(2)9-20(8-12)16(22)10-23-15-5-3-14(4-6-15)21-11-17-18-19-21/h3-6,11-13H,7-10H2,1-2H3. The number of nitrogens with zero attached hydrogens (tertiary/aromatic N) is 5. The van der Waals surface area contributed by atoms with Gasteiger partial charge in [0.2, 0.25) is 0 Å². The maximum absolute atomic E-state index is 12.3. The topological polar surface area (TPSA) is 73.1 Å². The molecule has 122 valence electrons. The molecule has 2 unspecified atom stereocenters. The van der Waals surface area contributed by atoms with Crippen LogP contribution in [0.3, 0.4) is 0 Å². The highest BCUT2D eigenvalue weighted by molar-refractivity contribution is 5.77. The Hall–Kier alpha value is -2.44. The van der Waals surface area contributed by atoms with Gasteiger partial charge in [-0.3, -0.25) is 4.79 Å². The zero-order valence-corrected chi connectivity index (χ0v) is 13.4. The SMILES string of the molecule is CC1CC(C)CN(C(=O)COc2ccc(-n3cnnn3)cc2)C1. The molecule has 1 amide bonds. The van der Waals surface area contributed by atoms with Crippen molar-refractivity contribution in [3.63, 3.8) is 0 Å². The lowest BCUT2D eigenvalue weighted by atomic mass is 9.92. The second-order valence-electron chi connectivity index (χ2n) is 6.28. The molecule has 23 heavy (non-hydrogen) atoms. The number of likely N-dealkylation sites (tertiary alicyclic amines) is 1. The Morgan fingerprint density at radius 3 is 2.52 bits per heavy atom. The van der Waals surface area contributed by atoms with Crippen LogP contribution in [0, 0.1) is 11.8 Å². The number of aromatic nitrogens is 4. The van der Waals surface area contributed by atoms with Gasteiger partial charge >= 0.3 is 0 Å². The van der Waals surface area contributed by atoms with Crippen LogP contribution in [-0.4, -0.2) is 50.7 Å². The second-order valence-corrected chi connectivity index (χ2v) is 6.28. The fraction of sp³-hybridized carbons (Fsp3) is 0.500. The van der Waals surface area contributed by atoms with Crippen LogP contribution >= 0.6 is 0 Å². The lowest BCUT2D eigenvalue weighted by Crippen LogP contribution is -2.44. The molecule has 2 atom stereocenters. The van der Waals surface area contributed by atoms with Crippen molar-refractivity contribution in [3.05, 3.63) is 30.6 Å². The van der Waals surface area contributed by atoms with Crippen molar-refractivity contribution in [1.29, 1.82) is 0 Å². The second kappa shape index (κ2) is 6.76. The molecule has 1 aromatic carbocycles. The van der Waals surface area contributed by atoms with E-state index in [1.54, 1.807) is 4.68 Å². The molecule has 1 fully saturated rings. The summed E-state index contributed by atoms with van der Waals surface area (Å²) >= 11 is 0. The first-order valence-electron chi connectivity index (χ1n) is 7.86. The minimum Gasteiger partial charge on any atom is -0.484 e. The van der Waals surface area contributed by atoms with Gasteiger partial charge in [-0.2, -0.15) is 0 Å². The maximum atomic E-state index is 12.3. The fourth-order valence-corrected chi connectivity index (χ4v) is 3.08. The fourth-order valence-electron chi connectivity index (χ4n) is 3.08. The predicted octanol–water partition coefficient (Wildman–Crippen LogP) is 1.55. The van der Waals surface area contributed by atoms with Crippen LogP contribution in [0.2, 0.25) is 0 Å². The summed E-state index contributed by atoms with van der Waals surface area (Å²) in [6.45, 7) is 6.10. The van der Waals surface area contributed by atoms with Crippen LogP contribution < -0.4 is 4.74 Å². The summed E-state index contributed by atoms with van der Waals surface area (Å²) in [5, 5.41) is 11.0. The Kier molecular flexibility index (Phi) is 4.55. The molecule has 0 saturated carbocycles. The quantitative estimate of drug-likeness (QED) is 0.856. The lowest BCUT2D eigenvalue weighted by Gasteiger charge is -2.34. The van der Waals surface area contributed by atoms with Gasteiger partial charge in [0.05, 0.1) is 5.69 Å². The van der Waals surface area contributed by atoms with E-state index in [1.165, 1.54) is 12.7 Å². The van der Waals surface area contributed by atoms with Crippen LogP contribution in [-0.2, 0) is 4.79 Å². The largest absolute Gasteiger partial charge is 0.484 e. The monoisotopic (exact) mass is 315 g/mol. The number of rotatable bonds is 4. The summed E-state index contributed by atoms with van der Waals surface area (Å²) in [5.74, 6) is 1.82. The van der Waals surface area contributed by atoms with Crippen molar-refractivity contribution in [2.75, 3.05) is 19.7 Å². The number of piperidine rings is 1. The molecule has 0 radical (unpaired) electrons. The van der Waals surface area contributed by atoms with Crippen LogP contribution in [0.5, 0.6) is 5.75 Å². The highest BCUT2D eigenvalue weighted by Gasteiger charge is 2.25. The van der Waals surface area contributed by atoms with Gasteiger partial charge in [-0.1, -0.05) is 13.8 Å². The number of benzene rings is 1. The van der Waals surface area contributed by atoms with Crippen molar-refractivity contribution in [3.8, 4) is 11.4 Å². The zero-order chi connectivity index (χ0) is 16.2. The Morgan fingerprint density at radius 1 is 1.22 bits per heavy atom. The molecule has 2 aromatic rings. The van der Waals surface area contributed by atoms with Crippen molar-refractivity contribution in [2.45, 2.75) is 20.3 Å². The predicted molar refractivity (Wildman–Crippen MR) is 84.2 cm³/mol. The third-order valence-corrected chi connectivity index (χ3v) is 4.03. The van der Waals surface area contributed by atoms with Crippen molar-refractivity contribution in [2.24, 2.45) is 11.8 Å². The molecular weight excluding hydrogens is 294 g/mol. The average Bonchev–Trinajstić information content (AvgIpc) is 3.06. The third kappa shape index (κ3) is 3.85. The summed E-state index contributed by atoms with van der Waals surface area (Å²) in [6.07, 6.45) is 2.71. The number of carbonyl (C=O) groups excluding carboxylic acids is 1. The Bertz CT molecular complexity index is 631. The Morgan fingerprint density at radius 2 is 1.91 bits per heavy atom. The van der Waals surface area contributed by atoms with Gasteiger partial charge in [0.25, 0.3) is 5.91 Å². The number of hydrogen-bond acceptors (Lipinski definition) is 5. The highest BCUT2D eigenvalue weighted by Crippen LogP contribution is 2.21. The van der Waals surface area contributed by atoms with E-state index in [2.05, 4.69) is 29.4 Å². The van der Waals surface area contributed by atoms with Gasteiger partial charge in [-0.05, 0) is 52.9 Å². The van der Waals surface area contributed by atoms with E-state index < -0.39 is 0 Å². The molecular formula is C16H21N5O2. The minimum atomic E-state index is 0.0490. The Balaban J connectivity index is 1.54. The van der Waals surface area contributed by atoms with Crippen LogP contribution in [0.4, 0.5) is 0 Å². The molecule has 1 aliphatic rings. The van der Waals surface area contributed by atoms with Crippen molar-refractivity contribution >= 4 is 5.91 Å². The molecule has 2 heterocycles. The zero-order valence-electron chi connectivity index (χ0n) is 13.4. The van der Waals surface area contributed by atoms with Gasteiger partial charge in [-0.25, -0.2) is 4.68 Å². The number of amides is 1. The molecule has 0 aliphatic carbocycles. The minimum absolute atomic E-state index is 0.0490.